The molecule has 26 heavy (non-hydrogen) atoms. The molecule has 7 nitrogen and oxygen atoms in total. The monoisotopic (exact) mass is 352 g/mol. The van der Waals surface area contributed by atoms with Gasteiger partial charge in [0, 0.05) is 12.5 Å². The number of aromatic nitrogens is 3. The molecule has 3 aromatic rings. The smallest absolute Gasteiger partial charge is 0.277 e. The first-order valence-corrected chi connectivity index (χ1v) is 8.82. The van der Waals surface area contributed by atoms with Gasteiger partial charge in [0.1, 0.15) is 11.3 Å². The molecule has 0 unspecified atom stereocenters. The lowest BCUT2D eigenvalue weighted by atomic mass is 10.2. The van der Waals surface area contributed by atoms with Crippen molar-refractivity contribution in [3.63, 3.8) is 0 Å². The zero-order valence-electron chi connectivity index (χ0n) is 14.5. The Bertz CT molecular complexity index is 976. The Balaban J connectivity index is 1.51. The molecule has 0 N–H and O–H groups in total. The van der Waals surface area contributed by atoms with Crippen molar-refractivity contribution in [3.05, 3.63) is 58.8 Å². The summed E-state index contributed by atoms with van der Waals surface area (Å²) in [6.45, 7) is 2.18. The molecule has 0 radical (unpaired) electrons. The summed E-state index contributed by atoms with van der Waals surface area (Å²) in [5.74, 6) is 0.770. The summed E-state index contributed by atoms with van der Waals surface area (Å²) in [6, 6.07) is 10.9. The topological polar surface area (TPSA) is 81.2 Å². The third-order valence-corrected chi connectivity index (χ3v) is 4.77. The number of nitrogens with zero attached hydrogens (tertiary/aromatic N) is 4. The molecule has 7 heteroatoms. The number of rotatable bonds is 6. The molecule has 1 saturated carbocycles. The van der Waals surface area contributed by atoms with Crippen LogP contribution in [-0.2, 0) is 11.3 Å². The van der Waals surface area contributed by atoms with Crippen LogP contribution >= 0.6 is 0 Å². The fourth-order valence-electron chi connectivity index (χ4n) is 3.26. The predicted octanol–water partition coefficient (Wildman–Crippen LogP) is 2.53. The van der Waals surface area contributed by atoms with Gasteiger partial charge in [-0.1, -0.05) is 17.3 Å². The van der Waals surface area contributed by atoms with Gasteiger partial charge in [-0.15, -0.1) is 5.10 Å². The Morgan fingerprint density at radius 3 is 2.85 bits per heavy atom. The molecule has 0 aliphatic heterocycles. The minimum Gasteiger partial charge on any atom is -0.467 e. The zero-order valence-corrected chi connectivity index (χ0v) is 14.5. The number of benzene rings is 1. The molecule has 1 amide bonds. The molecule has 134 valence electrons. The molecule has 0 bridgehead atoms. The standard InChI is InChI=1S/C19H20N4O3/c1-13(17-7-4-12-26-17)23(14-8-9-14)18(24)10-11-22-19(25)15-5-2-3-6-16(15)20-21-22/h2-7,12-14H,8-11H2,1H3/t13-/m0/s1. The summed E-state index contributed by atoms with van der Waals surface area (Å²) < 4.78 is 6.73. The fraction of sp³-hybridized carbons (Fsp3) is 0.368. The molecule has 2 heterocycles. The zero-order chi connectivity index (χ0) is 18.1. The second-order valence-electron chi connectivity index (χ2n) is 6.61. The van der Waals surface area contributed by atoms with Gasteiger partial charge in [0.2, 0.25) is 5.91 Å². The number of carbonyl (C=O) groups excluding carboxylic acids is 1. The third kappa shape index (κ3) is 3.12. The molecule has 4 rings (SSSR count). The predicted molar refractivity (Wildman–Crippen MR) is 95.4 cm³/mol. The normalized spacial score (nSPS) is 15.1. The molecular weight excluding hydrogens is 332 g/mol. The Morgan fingerprint density at radius 2 is 2.12 bits per heavy atom. The average molecular weight is 352 g/mol. The van der Waals surface area contributed by atoms with Crippen LogP contribution in [-0.4, -0.2) is 31.8 Å². The van der Waals surface area contributed by atoms with Crippen molar-refractivity contribution in [2.75, 3.05) is 0 Å². The number of hydrogen-bond donors (Lipinski definition) is 0. The van der Waals surface area contributed by atoms with Gasteiger partial charge in [-0.25, -0.2) is 4.68 Å². The molecule has 0 spiro atoms. The summed E-state index contributed by atoms with van der Waals surface area (Å²) >= 11 is 0. The summed E-state index contributed by atoms with van der Waals surface area (Å²) in [5, 5.41) is 8.53. The van der Waals surface area contributed by atoms with E-state index in [1.165, 1.54) is 4.68 Å². The van der Waals surface area contributed by atoms with Gasteiger partial charge in [-0.05, 0) is 44.0 Å². The minimum absolute atomic E-state index is 0.00161. The number of carbonyl (C=O) groups is 1. The third-order valence-electron chi connectivity index (χ3n) is 4.77. The van der Waals surface area contributed by atoms with Crippen LogP contribution in [0.3, 0.4) is 0 Å². The summed E-state index contributed by atoms with van der Waals surface area (Å²) in [7, 11) is 0. The van der Waals surface area contributed by atoms with Crippen molar-refractivity contribution in [1.29, 1.82) is 0 Å². The molecule has 1 aromatic carbocycles. The van der Waals surface area contributed by atoms with Gasteiger partial charge in [0.05, 0.1) is 24.2 Å². The van der Waals surface area contributed by atoms with E-state index in [4.69, 9.17) is 4.42 Å². The van der Waals surface area contributed by atoms with E-state index in [2.05, 4.69) is 10.3 Å². The van der Waals surface area contributed by atoms with Crippen molar-refractivity contribution >= 4 is 16.8 Å². The van der Waals surface area contributed by atoms with E-state index in [9.17, 15) is 9.59 Å². The first-order valence-electron chi connectivity index (χ1n) is 8.82. The first-order chi connectivity index (χ1) is 12.6. The van der Waals surface area contributed by atoms with Crippen LogP contribution in [0.1, 0.15) is 38.0 Å². The molecule has 1 fully saturated rings. The van der Waals surface area contributed by atoms with Crippen LogP contribution < -0.4 is 5.56 Å². The SMILES string of the molecule is C[C@@H](c1ccco1)N(C(=O)CCn1nnc2ccccc2c1=O)C1CC1. The Kier molecular flexibility index (Phi) is 4.28. The van der Waals surface area contributed by atoms with Crippen molar-refractivity contribution in [2.45, 2.75) is 44.8 Å². The number of aryl methyl sites for hydroxylation is 1. The van der Waals surface area contributed by atoms with E-state index in [-0.39, 0.29) is 36.5 Å². The van der Waals surface area contributed by atoms with Gasteiger partial charge in [-0.2, -0.15) is 0 Å². The van der Waals surface area contributed by atoms with Crippen molar-refractivity contribution < 1.29 is 9.21 Å². The van der Waals surface area contributed by atoms with Gasteiger partial charge < -0.3 is 9.32 Å². The highest BCUT2D eigenvalue weighted by Gasteiger charge is 2.36. The van der Waals surface area contributed by atoms with Crippen LogP contribution in [0.15, 0.2) is 51.9 Å². The van der Waals surface area contributed by atoms with Gasteiger partial charge in [0.15, 0.2) is 0 Å². The van der Waals surface area contributed by atoms with Gasteiger partial charge in [-0.3, -0.25) is 9.59 Å². The maximum absolute atomic E-state index is 12.8. The molecule has 1 atom stereocenters. The quantitative estimate of drug-likeness (QED) is 0.681. The van der Waals surface area contributed by atoms with Crippen LogP contribution in [0.2, 0.25) is 0 Å². The summed E-state index contributed by atoms with van der Waals surface area (Å²) in [5.41, 5.74) is 0.339. The van der Waals surface area contributed by atoms with Crippen LogP contribution in [0.25, 0.3) is 10.9 Å². The van der Waals surface area contributed by atoms with Gasteiger partial charge >= 0.3 is 0 Å². The minimum atomic E-state index is -0.222. The lowest BCUT2D eigenvalue weighted by molar-refractivity contribution is -0.134. The fourth-order valence-corrected chi connectivity index (χ4v) is 3.26. The summed E-state index contributed by atoms with van der Waals surface area (Å²) in [4.78, 5) is 27.2. The largest absolute Gasteiger partial charge is 0.467 e. The molecule has 1 aliphatic carbocycles. The van der Waals surface area contributed by atoms with E-state index in [0.717, 1.165) is 18.6 Å². The number of furan rings is 1. The van der Waals surface area contributed by atoms with E-state index in [0.29, 0.717) is 10.9 Å². The van der Waals surface area contributed by atoms with E-state index < -0.39 is 0 Å². The van der Waals surface area contributed by atoms with Crippen LogP contribution in [0.5, 0.6) is 0 Å². The Morgan fingerprint density at radius 1 is 1.31 bits per heavy atom. The Hall–Kier alpha value is -2.96. The number of fused-ring (bicyclic) bond motifs is 1. The lowest BCUT2D eigenvalue weighted by Gasteiger charge is -2.28. The van der Waals surface area contributed by atoms with Crippen molar-refractivity contribution in [2.24, 2.45) is 0 Å². The number of hydrogen-bond acceptors (Lipinski definition) is 5. The molecule has 1 aliphatic rings. The molecular formula is C19H20N4O3. The highest BCUT2D eigenvalue weighted by molar-refractivity contribution is 5.78. The first kappa shape index (κ1) is 16.5. The van der Waals surface area contributed by atoms with Crippen LogP contribution in [0.4, 0.5) is 0 Å². The van der Waals surface area contributed by atoms with E-state index >= 15 is 0 Å². The number of amides is 1. The van der Waals surface area contributed by atoms with Crippen molar-refractivity contribution in [1.82, 2.24) is 19.9 Å². The van der Waals surface area contributed by atoms with E-state index in [1.807, 2.05) is 30.0 Å². The van der Waals surface area contributed by atoms with E-state index in [1.54, 1.807) is 24.5 Å². The van der Waals surface area contributed by atoms with Crippen LogP contribution in [0, 0.1) is 0 Å². The highest BCUT2D eigenvalue weighted by atomic mass is 16.3. The second-order valence-corrected chi connectivity index (χ2v) is 6.61. The molecule has 2 aromatic heterocycles. The maximum atomic E-state index is 12.8. The second kappa shape index (κ2) is 6.74. The maximum Gasteiger partial charge on any atom is 0.277 e. The Labute approximate surface area is 150 Å². The average Bonchev–Trinajstić information content (AvgIpc) is 3.32. The highest BCUT2D eigenvalue weighted by Crippen LogP contribution is 2.35. The lowest BCUT2D eigenvalue weighted by Crippen LogP contribution is -2.37. The van der Waals surface area contributed by atoms with Crippen molar-refractivity contribution in [3.8, 4) is 0 Å². The van der Waals surface area contributed by atoms with Gasteiger partial charge in [0.25, 0.3) is 5.56 Å². The summed E-state index contributed by atoms with van der Waals surface area (Å²) in [6.07, 6.45) is 3.83. The molecule has 0 saturated heterocycles.